The summed E-state index contributed by atoms with van der Waals surface area (Å²) in [5, 5.41) is 12.3. The molecular formula is C14H21N3O3S. The topological polar surface area (TPSA) is 82.5 Å². The van der Waals surface area contributed by atoms with Gasteiger partial charge in [-0.25, -0.2) is 9.78 Å². The van der Waals surface area contributed by atoms with Gasteiger partial charge in [-0.3, -0.25) is 4.79 Å². The molecule has 0 aromatic carbocycles. The van der Waals surface area contributed by atoms with Crippen LogP contribution in [0, 0.1) is 12.3 Å². The monoisotopic (exact) mass is 311 g/mol. The molecule has 1 fully saturated rings. The van der Waals surface area contributed by atoms with Crippen LogP contribution in [0.5, 0.6) is 0 Å². The van der Waals surface area contributed by atoms with E-state index in [1.165, 1.54) is 11.3 Å². The van der Waals surface area contributed by atoms with Crippen molar-refractivity contribution in [3.63, 3.8) is 0 Å². The van der Waals surface area contributed by atoms with Crippen LogP contribution in [0.2, 0.25) is 0 Å². The molecule has 2 rings (SSSR count). The molecular weight excluding hydrogens is 290 g/mol. The number of likely N-dealkylation sites (tertiary alicyclic amines) is 1. The molecule has 1 atom stereocenters. The summed E-state index contributed by atoms with van der Waals surface area (Å²) in [5.41, 5.74) is 1.88. The van der Waals surface area contributed by atoms with E-state index in [9.17, 15) is 14.7 Å². The predicted molar refractivity (Wildman–Crippen MR) is 80.3 cm³/mol. The third-order valence-corrected chi connectivity index (χ3v) is 5.17. The quantitative estimate of drug-likeness (QED) is 0.893. The molecule has 116 valence electrons. The number of urea groups is 1. The number of thiazole rings is 1. The van der Waals surface area contributed by atoms with Gasteiger partial charge in [0.2, 0.25) is 0 Å². The second-order valence-electron chi connectivity index (χ2n) is 5.48. The van der Waals surface area contributed by atoms with Gasteiger partial charge in [0.25, 0.3) is 0 Å². The first-order chi connectivity index (χ1) is 9.98. The average Bonchev–Trinajstić information content (AvgIpc) is 2.89. The van der Waals surface area contributed by atoms with Gasteiger partial charge < -0.3 is 15.3 Å². The van der Waals surface area contributed by atoms with Crippen LogP contribution in [0.15, 0.2) is 5.51 Å². The first-order valence-corrected chi connectivity index (χ1v) is 8.01. The number of aryl methyl sites for hydroxylation is 1. The van der Waals surface area contributed by atoms with Crippen molar-refractivity contribution in [1.29, 1.82) is 0 Å². The lowest BCUT2D eigenvalue weighted by molar-refractivity contribution is -0.152. The second kappa shape index (κ2) is 6.43. The van der Waals surface area contributed by atoms with Crippen molar-refractivity contribution in [2.45, 2.75) is 39.7 Å². The van der Waals surface area contributed by atoms with E-state index in [2.05, 4.69) is 10.3 Å². The highest BCUT2D eigenvalue weighted by Gasteiger charge is 2.42. The Hall–Kier alpha value is -1.63. The number of piperidine rings is 1. The Balaban J connectivity index is 1.96. The number of nitrogens with one attached hydrogen (secondary N) is 1. The molecule has 1 unspecified atom stereocenters. The maximum absolute atomic E-state index is 12.2. The van der Waals surface area contributed by atoms with Gasteiger partial charge in [-0.15, -0.1) is 11.3 Å². The molecule has 2 amide bonds. The molecule has 0 aliphatic carbocycles. The number of rotatable bonds is 4. The van der Waals surface area contributed by atoms with Crippen LogP contribution >= 0.6 is 11.3 Å². The van der Waals surface area contributed by atoms with Gasteiger partial charge in [0, 0.05) is 18.0 Å². The van der Waals surface area contributed by atoms with Crippen molar-refractivity contribution in [1.82, 2.24) is 15.2 Å². The summed E-state index contributed by atoms with van der Waals surface area (Å²) < 4.78 is 0. The van der Waals surface area contributed by atoms with E-state index in [0.717, 1.165) is 17.0 Å². The van der Waals surface area contributed by atoms with E-state index >= 15 is 0 Å². The van der Waals surface area contributed by atoms with Crippen LogP contribution in [0.4, 0.5) is 4.79 Å². The van der Waals surface area contributed by atoms with E-state index in [1.54, 1.807) is 10.4 Å². The van der Waals surface area contributed by atoms with E-state index in [4.69, 9.17) is 0 Å². The summed E-state index contributed by atoms with van der Waals surface area (Å²) in [6.45, 7) is 5.12. The number of aromatic nitrogens is 1. The number of carbonyl (C=O) groups is 2. The first-order valence-electron chi connectivity index (χ1n) is 7.13. The normalized spacial score (nSPS) is 22.1. The van der Waals surface area contributed by atoms with Crippen LogP contribution in [-0.4, -0.2) is 40.1 Å². The first kappa shape index (κ1) is 15.8. The van der Waals surface area contributed by atoms with Crippen LogP contribution in [0.3, 0.4) is 0 Å². The van der Waals surface area contributed by atoms with Crippen LogP contribution in [0.1, 0.15) is 36.8 Å². The van der Waals surface area contributed by atoms with Gasteiger partial charge in [0.15, 0.2) is 0 Å². The Morgan fingerprint density at radius 2 is 2.33 bits per heavy atom. The molecule has 0 radical (unpaired) electrons. The molecule has 0 bridgehead atoms. The lowest BCUT2D eigenvalue weighted by Crippen LogP contribution is -2.52. The van der Waals surface area contributed by atoms with Gasteiger partial charge in [-0.05, 0) is 26.2 Å². The van der Waals surface area contributed by atoms with E-state index < -0.39 is 11.4 Å². The van der Waals surface area contributed by atoms with Gasteiger partial charge in [-0.1, -0.05) is 6.92 Å². The molecule has 1 saturated heterocycles. The Morgan fingerprint density at radius 1 is 1.57 bits per heavy atom. The number of aliphatic carboxylic acids is 1. The Bertz CT molecular complexity index is 531. The third kappa shape index (κ3) is 3.34. The number of amides is 2. The van der Waals surface area contributed by atoms with Crippen molar-refractivity contribution < 1.29 is 14.7 Å². The molecule has 1 aliphatic rings. The van der Waals surface area contributed by atoms with Crippen LogP contribution in [0.25, 0.3) is 0 Å². The molecule has 0 saturated carbocycles. The molecule has 1 aromatic heterocycles. The Labute approximate surface area is 128 Å². The predicted octanol–water partition coefficient (Wildman–Crippen LogP) is 2.24. The molecule has 2 heterocycles. The smallest absolute Gasteiger partial charge is 0.317 e. The summed E-state index contributed by atoms with van der Waals surface area (Å²) in [4.78, 5) is 30.5. The highest BCUT2D eigenvalue weighted by molar-refractivity contribution is 7.09. The van der Waals surface area contributed by atoms with Crippen molar-refractivity contribution in [3.8, 4) is 0 Å². The Morgan fingerprint density at radius 3 is 2.90 bits per heavy atom. The molecule has 1 aliphatic heterocycles. The highest BCUT2D eigenvalue weighted by Crippen LogP contribution is 2.33. The fraction of sp³-hybridized carbons (Fsp3) is 0.643. The SMILES string of the molecule is CCC1(C(=O)O)CCCN(C(=O)NCc2scnc2C)C1. The summed E-state index contributed by atoms with van der Waals surface area (Å²) in [6, 6.07) is -0.193. The zero-order valence-corrected chi connectivity index (χ0v) is 13.2. The average molecular weight is 311 g/mol. The van der Waals surface area contributed by atoms with Crippen molar-refractivity contribution in [3.05, 3.63) is 16.1 Å². The van der Waals surface area contributed by atoms with Crippen molar-refractivity contribution in [2.75, 3.05) is 13.1 Å². The van der Waals surface area contributed by atoms with E-state index in [-0.39, 0.29) is 12.6 Å². The van der Waals surface area contributed by atoms with Gasteiger partial charge in [0.05, 0.1) is 23.2 Å². The summed E-state index contributed by atoms with van der Waals surface area (Å²) in [6.07, 6.45) is 1.91. The number of nitrogens with zero attached hydrogens (tertiary/aromatic N) is 2. The van der Waals surface area contributed by atoms with Gasteiger partial charge in [0.1, 0.15) is 0 Å². The standard InChI is InChI=1S/C14H21N3O3S/c1-3-14(12(18)19)5-4-6-17(8-14)13(20)15-7-11-10(2)16-9-21-11/h9H,3-8H2,1-2H3,(H,15,20)(H,18,19). The number of hydrogen-bond acceptors (Lipinski definition) is 4. The second-order valence-corrected chi connectivity index (χ2v) is 6.42. The maximum atomic E-state index is 12.2. The number of hydrogen-bond donors (Lipinski definition) is 2. The molecule has 21 heavy (non-hydrogen) atoms. The molecule has 0 spiro atoms. The lowest BCUT2D eigenvalue weighted by Gasteiger charge is -2.39. The maximum Gasteiger partial charge on any atom is 0.317 e. The zero-order valence-electron chi connectivity index (χ0n) is 12.4. The van der Waals surface area contributed by atoms with Crippen LogP contribution < -0.4 is 5.32 Å². The summed E-state index contributed by atoms with van der Waals surface area (Å²) in [5.74, 6) is -0.805. The lowest BCUT2D eigenvalue weighted by atomic mass is 9.78. The largest absolute Gasteiger partial charge is 0.481 e. The van der Waals surface area contributed by atoms with E-state index in [0.29, 0.717) is 25.9 Å². The highest BCUT2D eigenvalue weighted by atomic mass is 32.1. The van der Waals surface area contributed by atoms with Crippen molar-refractivity contribution in [2.24, 2.45) is 5.41 Å². The fourth-order valence-electron chi connectivity index (χ4n) is 2.68. The molecule has 7 heteroatoms. The number of carbonyl (C=O) groups excluding carboxylic acids is 1. The minimum Gasteiger partial charge on any atom is -0.481 e. The molecule has 6 nitrogen and oxygen atoms in total. The number of carboxylic acid groups (broad SMARTS) is 1. The minimum absolute atomic E-state index is 0.193. The minimum atomic E-state index is -0.805. The van der Waals surface area contributed by atoms with Gasteiger partial charge in [-0.2, -0.15) is 0 Å². The van der Waals surface area contributed by atoms with E-state index in [1.807, 2.05) is 13.8 Å². The van der Waals surface area contributed by atoms with Crippen molar-refractivity contribution >= 4 is 23.3 Å². The van der Waals surface area contributed by atoms with Gasteiger partial charge >= 0.3 is 12.0 Å². The van der Waals surface area contributed by atoms with Crippen LogP contribution in [-0.2, 0) is 11.3 Å². The molecule has 1 aromatic rings. The summed E-state index contributed by atoms with van der Waals surface area (Å²) >= 11 is 1.51. The fourth-order valence-corrected chi connectivity index (χ4v) is 3.40. The third-order valence-electron chi connectivity index (χ3n) is 4.24. The summed E-state index contributed by atoms with van der Waals surface area (Å²) in [7, 11) is 0. The zero-order chi connectivity index (χ0) is 15.5. The Kier molecular flexibility index (Phi) is 4.82. The number of carboxylic acids is 1. The molecule has 2 N–H and O–H groups in total.